The Morgan fingerprint density at radius 2 is 1.19 bits per heavy atom. The molecule has 0 amide bonds. The number of halogens is 2. The molecule has 0 N–H and O–H groups in total. The van der Waals surface area contributed by atoms with Crippen molar-refractivity contribution < 1.29 is 8.78 Å². The number of rotatable bonds is 11. The van der Waals surface area contributed by atoms with Crippen molar-refractivity contribution in [1.29, 1.82) is 0 Å². The molecule has 2 aromatic rings. The van der Waals surface area contributed by atoms with Crippen LogP contribution < -0.4 is 0 Å². The highest BCUT2D eigenvalue weighted by Gasteiger charge is 2.00. The topological polar surface area (TPSA) is 0 Å². The second-order valence-electron chi connectivity index (χ2n) is 6.96. The van der Waals surface area contributed by atoms with Crippen LogP contribution in [0.2, 0.25) is 0 Å². The molecule has 0 saturated carbocycles. The van der Waals surface area contributed by atoms with Gasteiger partial charge in [0.05, 0.1) is 0 Å². The molecule has 0 unspecified atom stereocenters. The number of hydrogen-bond acceptors (Lipinski definition) is 0. The minimum absolute atomic E-state index is 0.278. The van der Waals surface area contributed by atoms with Gasteiger partial charge in [0.2, 0.25) is 0 Å². The Labute approximate surface area is 157 Å². The van der Waals surface area contributed by atoms with Crippen LogP contribution in [0.1, 0.15) is 63.0 Å². The van der Waals surface area contributed by atoms with Crippen LogP contribution in [0, 0.1) is 0 Å². The van der Waals surface area contributed by atoms with Crippen molar-refractivity contribution in [2.45, 2.75) is 64.7 Å². The monoisotopic (exact) mass is 356 g/mol. The molecule has 0 atom stereocenters. The van der Waals surface area contributed by atoms with Crippen LogP contribution in [-0.2, 0) is 12.8 Å². The third-order valence-corrected chi connectivity index (χ3v) is 4.80. The van der Waals surface area contributed by atoms with E-state index in [-0.39, 0.29) is 6.42 Å². The molecule has 0 aliphatic heterocycles. The molecular formula is C24H30F2. The zero-order valence-electron chi connectivity index (χ0n) is 15.8. The van der Waals surface area contributed by atoms with Gasteiger partial charge in [0.25, 0.3) is 6.08 Å². The van der Waals surface area contributed by atoms with E-state index in [2.05, 4.69) is 31.2 Å². The van der Waals surface area contributed by atoms with Gasteiger partial charge in [0, 0.05) is 0 Å². The molecule has 0 fully saturated rings. The van der Waals surface area contributed by atoms with Crippen LogP contribution in [0.25, 0.3) is 11.1 Å². The molecular weight excluding hydrogens is 326 g/mol. The smallest absolute Gasteiger partial charge is 0.174 e. The SMILES string of the molecule is CCCCCCCCCc1ccc(-c2ccc(CC=C(F)F)cc2)cc1. The Morgan fingerprint density at radius 1 is 0.692 bits per heavy atom. The zero-order chi connectivity index (χ0) is 18.6. The van der Waals surface area contributed by atoms with E-state index in [4.69, 9.17) is 0 Å². The predicted octanol–water partition coefficient (Wildman–Crippen LogP) is 7.97. The maximum Gasteiger partial charge on any atom is 0.266 e. The third-order valence-electron chi connectivity index (χ3n) is 4.80. The van der Waals surface area contributed by atoms with Crippen molar-refractivity contribution in [2.24, 2.45) is 0 Å². The maximum atomic E-state index is 12.1. The molecule has 140 valence electrons. The van der Waals surface area contributed by atoms with E-state index in [9.17, 15) is 8.78 Å². The van der Waals surface area contributed by atoms with Crippen molar-refractivity contribution in [3.05, 3.63) is 71.8 Å². The Bertz CT molecular complexity index is 650. The number of allylic oxidation sites excluding steroid dienone is 1. The van der Waals surface area contributed by atoms with Crippen LogP contribution in [0.4, 0.5) is 8.78 Å². The van der Waals surface area contributed by atoms with E-state index in [1.54, 1.807) is 0 Å². The summed E-state index contributed by atoms with van der Waals surface area (Å²) in [4.78, 5) is 0. The van der Waals surface area contributed by atoms with E-state index < -0.39 is 6.08 Å². The second kappa shape index (κ2) is 11.6. The Hall–Kier alpha value is -1.96. The first-order chi connectivity index (χ1) is 12.7. The Balaban J connectivity index is 1.78. The zero-order valence-corrected chi connectivity index (χ0v) is 15.8. The highest BCUT2D eigenvalue weighted by Crippen LogP contribution is 2.21. The molecule has 2 aromatic carbocycles. The van der Waals surface area contributed by atoms with Gasteiger partial charge in [-0.1, -0.05) is 94.0 Å². The lowest BCUT2D eigenvalue weighted by atomic mass is 9.99. The summed E-state index contributed by atoms with van der Waals surface area (Å²) >= 11 is 0. The molecule has 0 saturated heterocycles. The van der Waals surface area contributed by atoms with Gasteiger partial charge >= 0.3 is 0 Å². The van der Waals surface area contributed by atoms with Crippen molar-refractivity contribution in [2.75, 3.05) is 0 Å². The van der Waals surface area contributed by atoms with Crippen LogP contribution in [0.3, 0.4) is 0 Å². The van der Waals surface area contributed by atoms with Crippen LogP contribution in [0.5, 0.6) is 0 Å². The van der Waals surface area contributed by atoms with Crippen molar-refractivity contribution in [3.8, 4) is 11.1 Å². The van der Waals surface area contributed by atoms with E-state index in [0.29, 0.717) is 0 Å². The first kappa shape index (κ1) is 20.4. The summed E-state index contributed by atoms with van der Waals surface area (Å²) in [6.07, 6.45) is 10.1. The number of aryl methyl sites for hydroxylation is 1. The summed E-state index contributed by atoms with van der Waals surface area (Å²) in [7, 11) is 0. The normalized spacial score (nSPS) is 10.7. The molecule has 0 nitrogen and oxygen atoms in total. The minimum atomic E-state index is -1.62. The highest BCUT2D eigenvalue weighted by molar-refractivity contribution is 5.64. The third kappa shape index (κ3) is 7.51. The summed E-state index contributed by atoms with van der Waals surface area (Å²) in [5.74, 6) is 0. The van der Waals surface area contributed by atoms with E-state index >= 15 is 0 Å². The van der Waals surface area contributed by atoms with Crippen LogP contribution in [-0.4, -0.2) is 0 Å². The molecule has 0 aliphatic rings. The fraction of sp³-hybridized carbons (Fsp3) is 0.417. The average molecular weight is 356 g/mol. The number of unbranched alkanes of at least 4 members (excludes halogenated alkanes) is 6. The van der Waals surface area contributed by atoms with Crippen molar-refractivity contribution in [3.63, 3.8) is 0 Å². The lowest BCUT2D eigenvalue weighted by Gasteiger charge is -2.06. The maximum absolute atomic E-state index is 12.1. The van der Waals surface area contributed by atoms with Gasteiger partial charge in [0.15, 0.2) is 0 Å². The van der Waals surface area contributed by atoms with Crippen LogP contribution >= 0.6 is 0 Å². The lowest BCUT2D eigenvalue weighted by Crippen LogP contribution is -1.87. The molecule has 2 heteroatoms. The summed E-state index contributed by atoms with van der Waals surface area (Å²) in [6.45, 7) is 2.25. The molecule has 0 bridgehead atoms. The second-order valence-corrected chi connectivity index (χ2v) is 6.96. The first-order valence-electron chi connectivity index (χ1n) is 9.88. The van der Waals surface area contributed by atoms with Gasteiger partial charge in [-0.15, -0.1) is 0 Å². The quantitative estimate of drug-likeness (QED) is 0.358. The summed E-state index contributed by atoms with van der Waals surface area (Å²) in [5, 5.41) is 0. The first-order valence-corrected chi connectivity index (χ1v) is 9.88. The van der Waals surface area contributed by atoms with Gasteiger partial charge in [-0.2, -0.15) is 8.78 Å². The molecule has 0 heterocycles. The molecule has 0 radical (unpaired) electrons. The van der Waals surface area contributed by atoms with Gasteiger partial charge in [-0.3, -0.25) is 0 Å². The standard InChI is InChI=1S/C24H30F2/c1-2-3-4-5-6-7-8-9-20-10-15-22(16-11-20)23-17-12-21(13-18-23)14-19-24(25)26/h10-13,15-19H,2-9,14H2,1H3. The van der Waals surface area contributed by atoms with E-state index in [1.807, 2.05) is 24.3 Å². The van der Waals surface area contributed by atoms with Gasteiger partial charge in [0.1, 0.15) is 0 Å². The molecule has 0 spiro atoms. The van der Waals surface area contributed by atoms with Gasteiger partial charge < -0.3 is 0 Å². The largest absolute Gasteiger partial charge is 0.266 e. The summed E-state index contributed by atoms with van der Waals surface area (Å²) in [5.41, 5.74) is 4.59. The van der Waals surface area contributed by atoms with Crippen LogP contribution in [0.15, 0.2) is 60.7 Å². The highest BCUT2D eigenvalue weighted by atomic mass is 19.3. The average Bonchev–Trinajstić information content (AvgIpc) is 2.66. The minimum Gasteiger partial charge on any atom is -0.174 e. The molecule has 2 rings (SSSR count). The Morgan fingerprint density at radius 3 is 1.73 bits per heavy atom. The predicted molar refractivity (Wildman–Crippen MR) is 108 cm³/mol. The van der Waals surface area contributed by atoms with Crippen molar-refractivity contribution >= 4 is 0 Å². The van der Waals surface area contributed by atoms with E-state index in [1.165, 1.54) is 56.1 Å². The summed E-state index contributed by atoms with van der Waals surface area (Å²) < 4.78 is 24.3. The fourth-order valence-electron chi connectivity index (χ4n) is 3.18. The Kier molecular flexibility index (Phi) is 9.09. The fourth-order valence-corrected chi connectivity index (χ4v) is 3.18. The molecule has 0 aromatic heterocycles. The van der Waals surface area contributed by atoms with Crippen molar-refractivity contribution in [1.82, 2.24) is 0 Å². The number of hydrogen-bond donors (Lipinski definition) is 0. The van der Waals surface area contributed by atoms with E-state index in [0.717, 1.165) is 23.6 Å². The number of benzene rings is 2. The molecule has 26 heavy (non-hydrogen) atoms. The van der Waals surface area contributed by atoms with Gasteiger partial charge in [-0.25, -0.2) is 0 Å². The lowest BCUT2D eigenvalue weighted by molar-refractivity contribution is 0.418. The molecule has 0 aliphatic carbocycles. The summed E-state index contributed by atoms with van der Waals surface area (Å²) in [6, 6.07) is 16.6. The van der Waals surface area contributed by atoms with Gasteiger partial charge in [-0.05, 0) is 47.6 Å².